The highest BCUT2D eigenvalue weighted by atomic mass is 35.5. The van der Waals surface area contributed by atoms with E-state index in [0.717, 1.165) is 11.1 Å². The standard InChI is InChI=1S/C29H24Cl2N2O5/c1-3-6-21-13-19(14-22(16-32)28(34)33-24-8-5-7-23(30)26(24)31)15-25(37-4-2)27(21)38-17-18-9-11-20(12-10-18)29(35)36/h3,5,7-15H,1,4,6,17H2,2H3,(H,33,34)(H,35,36). The zero-order valence-corrected chi connectivity index (χ0v) is 22.0. The Bertz CT molecular complexity index is 1430. The van der Waals surface area contributed by atoms with Gasteiger partial charge in [0.2, 0.25) is 0 Å². The van der Waals surface area contributed by atoms with Crippen LogP contribution >= 0.6 is 23.2 Å². The van der Waals surface area contributed by atoms with Crippen LogP contribution < -0.4 is 14.8 Å². The molecule has 2 N–H and O–H groups in total. The van der Waals surface area contributed by atoms with Gasteiger partial charge in [-0.3, -0.25) is 4.79 Å². The van der Waals surface area contributed by atoms with Gasteiger partial charge in [-0.25, -0.2) is 4.79 Å². The molecule has 0 spiro atoms. The molecule has 0 heterocycles. The van der Waals surface area contributed by atoms with E-state index in [1.54, 1.807) is 48.5 Å². The third kappa shape index (κ3) is 7.16. The summed E-state index contributed by atoms with van der Waals surface area (Å²) < 4.78 is 11.9. The number of nitrogens with zero attached hydrogens (tertiary/aromatic N) is 1. The average molecular weight is 551 g/mol. The predicted octanol–water partition coefficient (Wildman–Crippen LogP) is 6.94. The zero-order valence-electron chi connectivity index (χ0n) is 20.5. The van der Waals surface area contributed by atoms with Crippen molar-refractivity contribution in [2.75, 3.05) is 11.9 Å². The van der Waals surface area contributed by atoms with E-state index >= 15 is 0 Å². The molecule has 7 nitrogen and oxygen atoms in total. The molecule has 0 aromatic heterocycles. The maximum atomic E-state index is 12.8. The Hall–Kier alpha value is -4.25. The second-order valence-corrected chi connectivity index (χ2v) is 8.73. The molecule has 0 radical (unpaired) electrons. The minimum Gasteiger partial charge on any atom is -0.490 e. The molecule has 194 valence electrons. The van der Waals surface area contributed by atoms with E-state index in [2.05, 4.69) is 11.9 Å². The van der Waals surface area contributed by atoms with E-state index in [1.807, 2.05) is 13.0 Å². The number of carboxylic acids is 1. The molecule has 3 aromatic carbocycles. The summed E-state index contributed by atoms with van der Waals surface area (Å²) in [5, 5.41) is 21.8. The lowest BCUT2D eigenvalue weighted by Gasteiger charge is -2.17. The van der Waals surface area contributed by atoms with Crippen LogP contribution in [-0.2, 0) is 17.8 Å². The number of nitriles is 1. The molecule has 0 aliphatic heterocycles. The van der Waals surface area contributed by atoms with Crippen LogP contribution in [0.3, 0.4) is 0 Å². The maximum Gasteiger partial charge on any atom is 0.335 e. The van der Waals surface area contributed by atoms with Crippen molar-refractivity contribution >= 4 is 46.8 Å². The van der Waals surface area contributed by atoms with E-state index in [-0.39, 0.29) is 33.5 Å². The highest BCUT2D eigenvalue weighted by molar-refractivity contribution is 6.44. The lowest BCUT2D eigenvalue weighted by atomic mass is 10.0. The lowest BCUT2D eigenvalue weighted by molar-refractivity contribution is -0.112. The number of halogens is 2. The van der Waals surface area contributed by atoms with Crippen molar-refractivity contribution in [1.82, 2.24) is 0 Å². The number of amides is 1. The van der Waals surface area contributed by atoms with Crippen LogP contribution in [0.1, 0.15) is 34.0 Å². The van der Waals surface area contributed by atoms with Crippen LogP contribution in [0.15, 0.2) is 72.8 Å². The Labute approximate surface area is 230 Å². The number of carboxylic acid groups (broad SMARTS) is 1. The Balaban J connectivity index is 1.92. The van der Waals surface area contributed by atoms with Crippen LogP contribution in [0.4, 0.5) is 5.69 Å². The first-order chi connectivity index (χ1) is 18.3. The van der Waals surface area contributed by atoms with E-state index < -0.39 is 11.9 Å². The summed E-state index contributed by atoms with van der Waals surface area (Å²) in [6.45, 7) is 6.16. The number of nitrogens with one attached hydrogen (secondary N) is 1. The monoisotopic (exact) mass is 550 g/mol. The molecule has 1 amide bonds. The van der Waals surface area contributed by atoms with Crippen molar-refractivity contribution in [3.8, 4) is 17.6 Å². The maximum absolute atomic E-state index is 12.8. The van der Waals surface area contributed by atoms with Gasteiger partial charge in [0.15, 0.2) is 11.5 Å². The Morgan fingerprint density at radius 1 is 1.13 bits per heavy atom. The molecule has 0 saturated carbocycles. The van der Waals surface area contributed by atoms with Gasteiger partial charge in [0.25, 0.3) is 5.91 Å². The summed E-state index contributed by atoms with van der Waals surface area (Å²) in [7, 11) is 0. The number of rotatable bonds is 11. The number of aromatic carboxylic acids is 1. The lowest BCUT2D eigenvalue weighted by Crippen LogP contribution is -2.13. The van der Waals surface area contributed by atoms with Crippen LogP contribution in [0.2, 0.25) is 10.0 Å². The average Bonchev–Trinajstić information content (AvgIpc) is 2.90. The number of carbonyl (C=O) groups is 2. The van der Waals surface area contributed by atoms with E-state index in [4.69, 9.17) is 37.8 Å². The fraction of sp³-hybridized carbons (Fsp3) is 0.138. The van der Waals surface area contributed by atoms with Gasteiger partial charge < -0.3 is 19.9 Å². The largest absolute Gasteiger partial charge is 0.490 e. The third-order valence-electron chi connectivity index (χ3n) is 5.28. The van der Waals surface area contributed by atoms with E-state index in [9.17, 15) is 14.9 Å². The highest BCUT2D eigenvalue weighted by Gasteiger charge is 2.17. The van der Waals surface area contributed by atoms with Gasteiger partial charge in [-0.15, -0.1) is 6.58 Å². The first-order valence-electron chi connectivity index (χ1n) is 11.5. The Morgan fingerprint density at radius 2 is 1.87 bits per heavy atom. The molecule has 9 heteroatoms. The van der Waals surface area contributed by atoms with Crippen molar-refractivity contribution in [2.24, 2.45) is 0 Å². The van der Waals surface area contributed by atoms with Crippen LogP contribution in [0.25, 0.3) is 6.08 Å². The van der Waals surface area contributed by atoms with E-state index in [0.29, 0.717) is 30.1 Å². The molecule has 0 fully saturated rings. The molecule has 0 aliphatic carbocycles. The Morgan fingerprint density at radius 3 is 2.50 bits per heavy atom. The second kappa shape index (κ2) is 13.3. The molecule has 3 rings (SSSR count). The van der Waals surface area contributed by atoms with Crippen molar-refractivity contribution in [3.05, 3.63) is 105 Å². The topological polar surface area (TPSA) is 109 Å². The number of hydrogen-bond donors (Lipinski definition) is 2. The fourth-order valence-electron chi connectivity index (χ4n) is 3.50. The number of ether oxygens (including phenoxy) is 2. The number of benzene rings is 3. The van der Waals surface area contributed by atoms with Gasteiger partial charge in [0.05, 0.1) is 27.9 Å². The normalized spacial score (nSPS) is 10.8. The third-order valence-corrected chi connectivity index (χ3v) is 6.10. The molecular formula is C29H24Cl2N2O5. The number of hydrogen-bond acceptors (Lipinski definition) is 5. The zero-order chi connectivity index (χ0) is 27.7. The number of anilines is 1. The first kappa shape index (κ1) is 28.3. The summed E-state index contributed by atoms with van der Waals surface area (Å²) >= 11 is 12.2. The number of carbonyl (C=O) groups excluding carboxylic acids is 1. The van der Waals surface area contributed by atoms with Crippen LogP contribution in [-0.4, -0.2) is 23.6 Å². The summed E-state index contributed by atoms with van der Waals surface area (Å²) in [5.74, 6) is -0.741. The minimum atomic E-state index is -1.01. The second-order valence-electron chi connectivity index (χ2n) is 7.95. The van der Waals surface area contributed by atoms with Gasteiger partial charge in [0.1, 0.15) is 18.2 Å². The number of allylic oxidation sites excluding steroid dienone is 1. The van der Waals surface area contributed by atoms with Crippen LogP contribution in [0, 0.1) is 11.3 Å². The smallest absolute Gasteiger partial charge is 0.335 e. The molecule has 0 aliphatic rings. The van der Waals surface area contributed by atoms with Crippen LogP contribution in [0.5, 0.6) is 11.5 Å². The SMILES string of the molecule is C=CCc1cc(C=C(C#N)C(=O)Nc2cccc(Cl)c2Cl)cc(OCC)c1OCc1ccc(C(=O)O)cc1. The van der Waals surface area contributed by atoms with E-state index in [1.165, 1.54) is 18.2 Å². The van der Waals surface area contributed by atoms with Gasteiger partial charge in [0, 0.05) is 5.56 Å². The minimum absolute atomic E-state index is 0.153. The highest BCUT2D eigenvalue weighted by Crippen LogP contribution is 2.36. The van der Waals surface area contributed by atoms with Crippen molar-refractivity contribution in [3.63, 3.8) is 0 Å². The quantitative estimate of drug-likeness (QED) is 0.152. The molecule has 0 saturated heterocycles. The summed E-state index contributed by atoms with van der Waals surface area (Å²) in [4.78, 5) is 23.9. The fourth-order valence-corrected chi connectivity index (χ4v) is 3.85. The summed E-state index contributed by atoms with van der Waals surface area (Å²) in [5.41, 5.74) is 2.37. The van der Waals surface area contributed by atoms with Gasteiger partial charge in [-0.1, -0.05) is 47.5 Å². The van der Waals surface area contributed by atoms with Gasteiger partial charge in [-0.05, 0) is 66.9 Å². The summed E-state index contributed by atoms with van der Waals surface area (Å²) in [6.07, 6.45) is 3.57. The van der Waals surface area contributed by atoms with Gasteiger partial charge in [-0.2, -0.15) is 5.26 Å². The van der Waals surface area contributed by atoms with Crippen molar-refractivity contribution in [2.45, 2.75) is 20.0 Å². The molecule has 0 bridgehead atoms. The Kier molecular flexibility index (Phi) is 9.94. The molecule has 3 aromatic rings. The summed E-state index contributed by atoms with van der Waals surface area (Å²) in [6, 6.07) is 16.6. The predicted molar refractivity (Wildman–Crippen MR) is 148 cm³/mol. The molecule has 0 unspecified atom stereocenters. The van der Waals surface area contributed by atoms with Gasteiger partial charge >= 0.3 is 5.97 Å². The first-order valence-corrected chi connectivity index (χ1v) is 12.3. The molecular weight excluding hydrogens is 527 g/mol. The molecule has 0 atom stereocenters. The van der Waals surface area contributed by atoms with Crippen molar-refractivity contribution in [1.29, 1.82) is 5.26 Å². The molecule has 38 heavy (non-hydrogen) atoms. The van der Waals surface area contributed by atoms with Crippen molar-refractivity contribution < 1.29 is 24.2 Å².